The van der Waals surface area contributed by atoms with Gasteiger partial charge in [-0.15, -0.1) is 0 Å². The Labute approximate surface area is 278 Å². The molecule has 0 aliphatic heterocycles. The Morgan fingerprint density at radius 2 is 1.02 bits per heavy atom. The average molecular weight is 614 g/mol. The summed E-state index contributed by atoms with van der Waals surface area (Å²) in [6, 6.07) is 29.5. The first-order chi connectivity index (χ1) is 21.2. The number of hydrogen-bond acceptors (Lipinski definition) is 1. The van der Waals surface area contributed by atoms with Gasteiger partial charge in [-0.1, -0.05) is 87.9 Å². The predicted octanol–water partition coefficient (Wildman–Crippen LogP) is 10.2. The van der Waals surface area contributed by atoms with E-state index in [0.29, 0.717) is 35.8 Å². The summed E-state index contributed by atoms with van der Waals surface area (Å²) >= 11 is 0. The maximum atomic E-state index is 3.50. The smallest absolute Gasteiger partial charge is 0.111 e. The third-order valence-corrected chi connectivity index (χ3v) is 10.8. The molecule has 248 valence electrons. The molecule has 0 saturated carbocycles. The molecule has 0 heterocycles. The van der Waals surface area contributed by atoms with Crippen LogP contribution in [0.2, 0.25) is 0 Å². The largest absolute Gasteiger partial charge is 0.325 e. The van der Waals surface area contributed by atoms with Crippen molar-refractivity contribution in [1.82, 2.24) is 5.32 Å². The van der Waals surface area contributed by atoms with Crippen LogP contribution in [0.3, 0.4) is 0 Å². The molecule has 0 aliphatic rings. The lowest BCUT2D eigenvalue weighted by Crippen LogP contribution is -2.37. The third kappa shape index (κ3) is 10.3. The fourth-order valence-electron chi connectivity index (χ4n) is 6.93. The number of benzene rings is 3. The fraction of sp³-hybridized carbons (Fsp3) is 0.571. The first kappa shape index (κ1) is 37.0. The van der Waals surface area contributed by atoms with Gasteiger partial charge in [0.25, 0.3) is 0 Å². The van der Waals surface area contributed by atoms with E-state index in [1.54, 1.807) is 0 Å². The Morgan fingerprint density at radius 3 is 1.47 bits per heavy atom. The first-order valence-corrected chi connectivity index (χ1v) is 17.8. The van der Waals surface area contributed by atoms with Crippen LogP contribution in [-0.4, -0.2) is 64.8 Å². The SMILES string of the molecule is CCCC(CC(C)c1ccc(C(CC)CC(CNC)c2cccc(C(C)[N+](C)(C)C)c2)cc1)c1cccc(C(C)[N+](C)(C)C)c1. The van der Waals surface area contributed by atoms with E-state index in [1.807, 2.05) is 0 Å². The lowest BCUT2D eigenvalue weighted by molar-refractivity contribution is -0.900. The van der Waals surface area contributed by atoms with Crippen LogP contribution in [0.1, 0.15) is 136 Å². The molecule has 6 atom stereocenters. The van der Waals surface area contributed by atoms with Gasteiger partial charge in [-0.2, -0.15) is 0 Å². The Hall–Kier alpha value is -2.46. The summed E-state index contributed by atoms with van der Waals surface area (Å²) in [6.07, 6.45) is 5.97. The molecular formula is C42H67N3+2. The third-order valence-electron chi connectivity index (χ3n) is 10.8. The van der Waals surface area contributed by atoms with E-state index in [4.69, 9.17) is 0 Å². The first-order valence-electron chi connectivity index (χ1n) is 17.8. The summed E-state index contributed by atoms with van der Waals surface area (Å²) < 4.78 is 1.88. The van der Waals surface area contributed by atoms with Crippen molar-refractivity contribution in [1.29, 1.82) is 0 Å². The maximum absolute atomic E-state index is 3.50. The van der Waals surface area contributed by atoms with Crippen LogP contribution in [0.5, 0.6) is 0 Å². The Balaban J connectivity index is 1.76. The minimum atomic E-state index is 0.462. The Morgan fingerprint density at radius 1 is 0.556 bits per heavy atom. The molecule has 3 nitrogen and oxygen atoms in total. The summed E-state index contributed by atoms with van der Waals surface area (Å²) in [6.45, 7) is 12.8. The summed E-state index contributed by atoms with van der Waals surface area (Å²) in [5, 5.41) is 3.50. The van der Waals surface area contributed by atoms with Crippen molar-refractivity contribution < 1.29 is 8.97 Å². The van der Waals surface area contributed by atoms with E-state index in [1.165, 1.54) is 52.6 Å². The second kappa shape index (κ2) is 16.4. The highest BCUT2D eigenvalue weighted by Gasteiger charge is 2.25. The van der Waals surface area contributed by atoms with Gasteiger partial charge in [0.1, 0.15) is 12.1 Å². The van der Waals surface area contributed by atoms with Gasteiger partial charge in [0.15, 0.2) is 0 Å². The second-order valence-corrected chi connectivity index (χ2v) is 15.8. The summed E-state index contributed by atoms with van der Waals surface area (Å²) in [4.78, 5) is 0. The lowest BCUT2D eigenvalue weighted by atomic mass is 9.81. The highest BCUT2D eigenvalue weighted by atomic mass is 15.3. The monoisotopic (exact) mass is 614 g/mol. The van der Waals surface area contributed by atoms with Gasteiger partial charge in [-0.05, 0) is 105 Å². The predicted molar refractivity (Wildman–Crippen MR) is 197 cm³/mol. The fourth-order valence-corrected chi connectivity index (χ4v) is 6.93. The highest BCUT2D eigenvalue weighted by Crippen LogP contribution is 2.37. The molecule has 1 N–H and O–H groups in total. The molecule has 0 fully saturated rings. The van der Waals surface area contributed by atoms with Crippen molar-refractivity contribution in [2.75, 3.05) is 55.9 Å². The van der Waals surface area contributed by atoms with Crippen LogP contribution >= 0.6 is 0 Å². The lowest BCUT2D eigenvalue weighted by Gasteiger charge is -2.32. The molecule has 6 unspecified atom stereocenters. The minimum Gasteiger partial charge on any atom is -0.325 e. The highest BCUT2D eigenvalue weighted by molar-refractivity contribution is 5.32. The molecule has 3 rings (SSSR count). The van der Waals surface area contributed by atoms with Crippen molar-refractivity contribution >= 4 is 0 Å². The maximum Gasteiger partial charge on any atom is 0.111 e. The van der Waals surface area contributed by atoms with E-state index in [-0.39, 0.29) is 0 Å². The number of nitrogens with one attached hydrogen (secondary N) is 1. The normalized spacial score (nSPS) is 16.5. The van der Waals surface area contributed by atoms with E-state index in [9.17, 15) is 0 Å². The number of likely N-dealkylation sites (N-methyl/N-ethyl adjacent to an activating group) is 1. The topological polar surface area (TPSA) is 12.0 Å². The molecule has 3 heteroatoms. The number of hydrogen-bond donors (Lipinski definition) is 1. The van der Waals surface area contributed by atoms with Crippen LogP contribution in [-0.2, 0) is 0 Å². The molecule has 3 aromatic rings. The van der Waals surface area contributed by atoms with E-state index in [0.717, 1.165) is 28.4 Å². The number of nitrogens with zero attached hydrogens (tertiary/aromatic N) is 2. The second-order valence-electron chi connectivity index (χ2n) is 15.8. The van der Waals surface area contributed by atoms with Crippen LogP contribution < -0.4 is 5.32 Å². The minimum absolute atomic E-state index is 0.462. The van der Waals surface area contributed by atoms with Crippen LogP contribution in [0.25, 0.3) is 0 Å². The molecule has 0 radical (unpaired) electrons. The van der Waals surface area contributed by atoms with E-state index < -0.39 is 0 Å². The Bertz CT molecular complexity index is 1300. The van der Waals surface area contributed by atoms with Crippen molar-refractivity contribution in [3.63, 3.8) is 0 Å². The summed E-state index contributed by atoms with van der Waals surface area (Å²) in [5.41, 5.74) is 8.82. The van der Waals surface area contributed by atoms with E-state index >= 15 is 0 Å². The molecule has 0 saturated heterocycles. The zero-order valence-electron chi connectivity index (χ0n) is 31.0. The summed E-state index contributed by atoms with van der Waals surface area (Å²) in [7, 11) is 15.8. The molecular weight excluding hydrogens is 546 g/mol. The van der Waals surface area contributed by atoms with Gasteiger partial charge in [0.05, 0.1) is 42.3 Å². The van der Waals surface area contributed by atoms with Gasteiger partial charge >= 0.3 is 0 Å². The average Bonchev–Trinajstić information content (AvgIpc) is 3.01. The molecule has 0 aromatic heterocycles. The van der Waals surface area contributed by atoms with Crippen molar-refractivity contribution in [2.24, 2.45) is 0 Å². The zero-order valence-corrected chi connectivity index (χ0v) is 31.0. The van der Waals surface area contributed by atoms with Crippen LogP contribution in [0.4, 0.5) is 0 Å². The standard InChI is InChI=1S/C42H67N3/c1-13-17-39(40-20-15-18-37(28-40)32(4)44(7,8)9)26-31(3)35-22-24-36(25-23-35)34(14-2)27-42(30-43-6)41-21-16-19-38(29-41)33(5)45(10,11)12/h15-16,18-25,28-29,31-34,39,42-43H,13-14,17,26-27,30H2,1-12H3/q+2. The Kier molecular flexibility index (Phi) is 13.5. The summed E-state index contributed by atoms with van der Waals surface area (Å²) in [5.74, 6) is 2.15. The van der Waals surface area contributed by atoms with Crippen LogP contribution in [0, 0.1) is 0 Å². The van der Waals surface area contributed by atoms with Gasteiger partial charge in [-0.25, -0.2) is 0 Å². The van der Waals surface area contributed by atoms with Gasteiger partial charge in [0.2, 0.25) is 0 Å². The number of rotatable bonds is 17. The van der Waals surface area contributed by atoms with Gasteiger partial charge < -0.3 is 14.3 Å². The molecule has 0 amide bonds. The van der Waals surface area contributed by atoms with Gasteiger partial charge in [-0.3, -0.25) is 0 Å². The number of quaternary nitrogens is 2. The van der Waals surface area contributed by atoms with E-state index in [2.05, 4.69) is 162 Å². The molecule has 3 aromatic carbocycles. The molecule has 0 bridgehead atoms. The van der Waals surface area contributed by atoms with Crippen molar-refractivity contribution in [3.05, 3.63) is 106 Å². The van der Waals surface area contributed by atoms with Gasteiger partial charge in [0, 0.05) is 17.7 Å². The quantitative estimate of drug-likeness (QED) is 0.149. The molecule has 0 aliphatic carbocycles. The van der Waals surface area contributed by atoms with Crippen molar-refractivity contribution in [3.8, 4) is 0 Å². The molecule has 0 spiro atoms. The zero-order chi connectivity index (χ0) is 33.4. The molecule has 45 heavy (non-hydrogen) atoms. The van der Waals surface area contributed by atoms with Crippen molar-refractivity contribution in [2.45, 2.75) is 102 Å². The van der Waals surface area contributed by atoms with Crippen LogP contribution in [0.15, 0.2) is 72.8 Å².